The zero-order valence-electron chi connectivity index (χ0n) is 15.2. The van der Waals surface area contributed by atoms with E-state index in [4.69, 9.17) is 11.6 Å². The number of urea groups is 1. The molecule has 0 aliphatic carbocycles. The highest BCUT2D eigenvalue weighted by atomic mass is 35.5. The molecule has 1 N–H and O–H groups in total. The number of carbonyl (C=O) groups excluding carboxylic acids is 3. The minimum Gasteiger partial charge on any atom is -0.352 e. The Kier molecular flexibility index (Phi) is 5.05. The second-order valence-corrected chi connectivity index (χ2v) is 7.48. The van der Waals surface area contributed by atoms with Gasteiger partial charge in [0.2, 0.25) is 5.91 Å². The van der Waals surface area contributed by atoms with Crippen LogP contribution in [-0.4, -0.2) is 40.2 Å². The smallest absolute Gasteiger partial charge is 0.327 e. The molecule has 4 amide bonds. The van der Waals surface area contributed by atoms with E-state index in [0.717, 1.165) is 16.7 Å². The molecular weight excluding hydrogens is 378 g/mol. The molecule has 2 aliphatic rings. The first kappa shape index (κ1) is 18.5. The van der Waals surface area contributed by atoms with Crippen molar-refractivity contribution < 1.29 is 14.4 Å². The van der Waals surface area contributed by atoms with Crippen molar-refractivity contribution in [1.29, 1.82) is 0 Å². The number of hydrogen-bond acceptors (Lipinski definition) is 3. The van der Waals surface area contributed by atoms with E-state index in [1.165, 1.54) is 4.90 Å². The van der Waals surface area contributed by atoms with E-state index in [2.05, 4.69) is 5.32 Å². The van der Waals surface area contributed by atoms with Crippen LogP contribution in [0.3, 0.4) is 0 Å². The number of amides is 4. The summed E-state index contributed by atoms with van der Waals surface area (Å²) in [5.41, 5.74) is 3.11. The monoisotopic (exact) mass is 397 g/mol. The maximum atomic E-state index is 12.7. The number of hydrogen-bond donors (Lipinski definition) is 1. The number of nitrogens with one attached hydrogen (secondary N) is 1. The van der Waals surface area contributed by atoms with Gasteiger partial charge in [0.1, 0.15) is 6.04 Å². The van der Waals surface area contributed by atoms with E-state index in [0.29, 0.717) is 24.5 Å². The largest absolute Gasteiger partial charge is 0.352 e. The molecule has 0 unspecified atom stereocenters. The van der Waals surface area contributed by atoms with Gasteiger partial charge in [-0.2, -0.15) is 0 Å². The predicted molar refractivity (Wildman–Crippen MR) is 105 cm³/mol. The van der Waals surface area contributed by atoms with Crippen molar-refractivity contribution in [3.8, 4) is 0 Å². The van der Waals surface area contributed by atoms with Crippen LogP contribution in [0.4, 0.5) is 4.79 Å². The number of carbonyl (C=O) groups is 3. The SMILES string of the molecule is O=C(CCN1C(=O)[C@@H]2Cc3ccccc3CN2C1=O)NCc1ccc(Cl)cc1. The molecule has 1 saturated heterocycles. The Morgan fingerprint density at radius 3 is 2.54 bits per heavy atom. The summed E-state index contributed by atoms with van der Waals surface area (Å²) < 4.78 is 0. The zero-order valence-corrected chi connectivity index (χ0v) is 16.0. The van der Waals surface area contributed by atoms with Crippen LogP contribution in [0, 0.1) is 0 Å². The molecule has 1 atom stereocenters. The van der Waals surface area contributed by atoms with E-state index in [1.807, 2.05) is 36.4 Å². The molecule has 1 fully saturated rings. The van der Waals surface area contributed by atoms with Crippen molar-refractivity contribution >= 4 is 29.4 Å². The van der Waals surface area contributed by atoms with Gasteiger partial charge in [-0.1, -0.05) is 48.0 Å². The van der Waals surface area contributed by atoms with E-state index >= 15 is 0 Å². The third-order valence-corrected chi connectivity index (χ3v) is 5.49. The van der Waals surface area contributed by atoms with Crippen LogP contribution in [0.25, 0.3) is 0 Å². The fraction of sp³-hybridized carbons (Fsp3) is 0.286. The maximum absolute atomic E-state index is 12.7. The normalized spacial score (nSPS) is 18.1. The molecule has 2 heterocycles. The third-order valence-electron chi connectivity index (χ3n) is 5.24. The summed E-state index contributed by atoms with van der Waals surface area (Å²) in [6, 6.07) is 14.3. The lowest BCUT2D eigenvalue weighted by atomic mass is 9.95. The number of benzene rings is 2. The number of imide groups is 1. The Bertz CT molecular complexity index is 886. The van der Waals surface area contributed by atoms with Crippen molar-refractivity contribution in [3.05, 3.63) is 70.2 Å². The van der Waals surface area contributed by atoms with Crippen LogP contribution in [0.1, 0.15) is 23.1 Å². The van der Waals surface area contributed by atoms with Crippen LogP contribution in [0.2, 0.25) is 5.02 Å². The number of halogens is 1. The highest BCUT2D eigenvalue weighted by molar-refractivity contribution is 6.30. The Morgan fingerprint density at radius 2 is 1.79 bits per heavy atom. The van der Waals surface area contributed by atoms with Crippen molar-refractivity contribution in [1.82, 2.24) is 15.1 Å². The van der Waals surface area contributed by atoms with Gasteiger partial charge in [0, 0.05) is 37.5 Å². The Morgan fingerprint density at radius 1 is 1.07 bits per heavy atom. The predicted octanol–water partition coefficient (Wildman–Crippen LogP) is 2.74. The number of fused-ring (bicyclic) bond motifs is 2. The molecule has 4 rings (SSSR count). The molecule has 28 heavy (non-hydrogen) atoms. The summed E-state index contributed by atoms with van der Waals surface area (Å²) in [5.74, 6) is -0.422. The first-order valence-electron chi connectivity index (χ1n) is 9.23. The van der Waals surface area contributed by atoms with Gasteiger partial charge in [0.25, 0.3) is 5.91 Å². The molecule has 2 aliphatic heterocycles. The zero-order chi connectivity index (χ0) is 19.7. The summed E-state index contributed by atoms with van der Waals surface area (Å²) in [5, 5.41) is 3.44. The van der Waals surface area contributed by atoms with Crippen molar-refractivity contribution in [2.75, 3.05) is 6.54 Å². The Hall–Kier alpha value is -2.86. The number of nitrogens with zero attached hydrogens (tertiary/aromatic N) is 2. The molecular formula is C21H20ClN3O3. The lowest BCUT2D eigenvalue weighted by Gasteiger charge is -2.28. The van der Waals surface area contributed by atoms with E-state index < -0.39 is 6.04 Å². The molecule has 0 aromatic heterocycles. The highest BCUT2D eigenvalue weighted by Gasteiger charge is 2.46. The lowest BCUT2D eigenvalue weighted by Crippen LogP contribution is -2.39. The van der Waals surface area contributed by atoms with Crippen LogP contribution >= 0.6 is 11.6 Å². The Labute approximate surface area is 168 Å². The van der Waals surface area contributed by atoms with Crippen LogP contribution < -0.4 is 5.32 Å². The molecule has 2 aromatic carbocycles. The van der Waals surface area contributed by atoms with Crippen molar-refractivity contribution in [3.63, 3.8) is 0 Å². The fourth-order valence-electron chi connectivity index (χ4n) is 3.68. The molecule has 144 valence electrons. The van der Waals surface area contributed by atoms with Crippen LogP contribution in [0.15, 0.2) is 48.5 Å². The first-order valence-corrected chi connectivity index (χ1v) is 9.60. The van der Waals surface area contributed by atoms with Gasteiger partial charge in [0.05, 0.1) is 0 Å². The maximum Gasteiger partial charge on any atom is 0.327 e. The van der Waals surface area contributed by atoms with Gasteiger partial charge in [-0.05, 0) is 28.8 Å². The summed E-state index contributed by atoms with van der Waals surface area (Å²) in [4.78, 5) is 40.3. The number of rotatable bonds is 5. The van der Waals surface area contributed by atoms with Crippen molar-refractivity contribution in [2.24, 2.45) is 0 Å². The van der Waals surface area contributed by atoms with E-state index in [-0.39, 0.29) is 30.8 Å². The van der Waals surface area contributed by atoms with Gasteiger partial charge in [-0.25, -0.2) is 4.79 Å². The average molecular weight is 398 g/mol. The van der Waals surface area contributed by atoms with E-state index in [9.17, 15) is 14.4 Å². The summed E-state index contributed by atoms with van der Waals surface area (Å²) >= 11 is 5.84. The van der Waals surface area contributed by atoms with E-state index in [1.54, 1.807) is 17.0 Å². The molecule has 6 nitrogen and oxygen atoms in total. The molecule has 0 spiro atoms. The second kappa shape index (κ2) is 7.64. The van der Waals surface area contributed by atoms with Gasteiger partial charge in [-0.3, -0.25) is 14.5 Å². The standard InChI is InChI=1S/C21H20ClN3O3/c22-17-7-5-14(6-8-17)12-23-19(26)9-10-24-20(27)18-11-15-3-1-2-4-16(15)13-25(18)21(24)28/h1-8,18H,9-13H2,(H,23,26)/t18-/m0/s1. The average Bonchev–Trinajstić information content (AvgIpc) is 2.94. The minimum atomic E-state index is -0.459. The summed E-state index contributed by atoms with van der Waals surface area (Å²) in [6.07, 6.45) is 0.610. The first-order chi connectivity index (χ1) is 13.5. The summed E-state index contributed by atoms with van der Waals surface area (Å²) in [6.45, 7) is 0.903. The van der Waals surface area contributed by atoms with Gasteiger partial charge in [-0.15, -0.1) is 0 Å². The molecule has 0 bridgehead atoms. The van der Waals surface area contributed by atoms with Gasteiger partial charge < -0.3 is 10.2 Å². The van der Waals surface area contributed by atoms with Crippen LogP contribution in [-0.2, 0) is 29.1 Å². The third kappa shape index (κ3) is 3.60. The molecule has 0 radical (unpaired) electrons. The van der Waals surface area contributed by atoms with Crippen molar-refractivity contribution in [2.45, 2.75) is 32.0 Å². The lowest BCUT2D eigenvalue weighted by molar-refractivity contribution is -0.129. The topological polar surface area (TPSA) is 69.7 Å². The van der Waals surface area contributed by atoms with Crippen LogP contribution in [0.5, 0.6) is 0 Å². The quantitative estimate of drug-likeness (QED) is 0.789. The fourth-order valence-corrected chi connectivity index (χ4v) is 3.81. The minimum absolute atomic E-state index is 0.0819. The molecule has 0 saturated carbocycles. The molecule has 7 heteroatoms. The van der Waals surface area contributed by atoms with Gasteiger partial charge in [0.15, 0.2) is 0 Å². The second-order valence-electron chi connectivity index (χ2n) is 7.04. The molecule has 2 aromatic rings. The van der Waals surface area contributed by atoms with Gasteiger partial charge >= 0.3 is 6.03 Å². The highest BCUT2D eigenvalue weighted by Crippen LogP contribution is 2.29. The summed E-state index contributed by atoms with van der Waals surface area (Å²) in [7, 11) is 0. The Balaban J connectivity index is 1.33.